The summed E-state index contributed by atoms with van der Waals surface area (Å²) in [5, 5.41) is 13.8. The molecule has 198 valence electrons. The van der Waals surface area contributed by atoms with Gasteiger partial charge in [0.2, 0.25) is 17.0 Å². The number of benzene rings is 2. The Morgan fingerprint density at radius 1 is 0.947 bits per heavy atom. The number of nitrogens with one attached hydrogen (secondary N) is 3. The van der Waals surface area contributed by atoms with E-state index >= 15 is 0 Å². The van der Waals surface area contributed by atoms with E-state index in [9.17, 15) is 9.59 Å². The fourth-order valence-corrected chi connectivity index (χ4v) is 6.91. The van der Waals surface area contributed by atoms with Gasteiger partial charge in [-0.05, 0) is 55.2 Å². The van der Waals surface area contributed by atoms with Crippen LogP contribution < -0.4 is 10.6 Å². The number of H-pyrrole nitrogens is 1. The zero-order valence-corrected chi connectivity index (χ0v) is 23.6. The van der Waals surface area contributed by atoms with Gasteiger partial charge >= 0.3 is 0 Å². The molecule has 0 bridgehead atoms. The topological polar surface area (TPSA) is 113 Å². The third-order valence-corrected chi connectivity index (χ3v) is 9.44. The first kappa shape index (κ1) is 26.7. The normalized spacial score (nSPS) is 14.0. The van der Waals surface area contributed by atoms with E-state index in [1.807, 2.05) is 42.5 Å². The molecule has 4 aromatic rings. The Morgan fingerprint density at radius 3 is 2.42 bits per heavy atom. The van der Waals surface area contributed by atoms with Crippen molar-refractivity contribution in [2.75, 3.05) is 22.1 Å². The van der Waals surface area contributed by atoms with E-state index in [4.69, 9.17) is 0 Å². The van der Waals surface area contributed by atoms with Crippen molar-refractivity contribution in [3.05, 3.63) is 53.9 Å². The summed E-state index contributed by atoms with van der Waals surface area (Å²) in [4.78, 5) is 34.1. The van der Waals surface area contributed by atoms with E-state index in [-0.39, 0.29) is 23.3 Å². The van der Waals surface area contributed by atoms with Gasteiger partial charge < -0.3 is 10.6 Å². The predicted molar refractivity (Wildman–Crippen MR) is 156 cm³/mol. The molecule has 38 heavy (non-hydrogen) atoms. The van der Waals surface area contributed by atoms with Gasteiger partial charge in [-0.3, -0.25) is 14.7 Å². The Balaban J connectivity index is 1.10. The molecule has 5 rings (SSSR count). The van der Waals surface area contributed by atoms with Crippen LogP contribution in [-0.2, 0) is 16.0 Å². The van der Waals surface area contributed by atoms with Crippen LogP contribution in [0.5, 0.6) is 0 Å². The molecule has 0 saturated heterocycles. The third kappa shape index (κ3) is 7.15. The Labute approximate surface area is 234 Å². The smallest absolute Gasteiger partial charge is 0.234 e. The SMILES string of the molecule is CCc1ccc(NC(=O)CSc2nc3ccc(NC(=O)CSc4n[nH]c(C5CCCCC5)n4)cc3s2)cc1. The molecular weight excluding hydrogens is 537 g/mol. The first-order chi connectivity index (χ1) is 18.6. The fourth-order valence-electron chi connectivity index (χ4n) is 4.40. The standard InChI is InChI=1S/C27H30N6O2S3/c1-2-17-8-10-19(11-9-17)28-24(35)16-37-27-30-21-13-12-20(14-22(21)38-27)29-23(34)15-36-26-31-25(32-33-26)18-6-4-3-5-7-18/h8-14,18H,2-7,15-16H2,1H3,(H,28,35)(H,29,34)(H,31,32,33). The number of anilines is 2. The number of nitrogens with zero attached hydrogens (tertiary/aromatic N) is 3. The molecule has 1 fully saturated rings. The Bertz CT molecular complexity index is 1400. The fraction of sp³-hybridized carbons (Fsp3) is 0.370. The van der Waals surface area contributed by atoms with Crippen molar-refractivity contribution in [3.63, 3.8) is 0 Å². The molecule has 0 aliphatic heterocycles. The molecule has 11 heteroatoms. The van der Waals surface area contributed by atoms with Crippen LogP contribution in [0.4, 0.5) is 11.4 Å². The predicted octanol–water partition coefficient (Wildman–Crippen LogP) is 6.49. The highest BCUT2D eigenvalue weighted by molar-refractivity contribution is 8.01. The third-order valence-electron chi connectivity index (χ3n) is 6.43. The number of aryl methyl sites for hydroxylation is 1. The highest BCUT2D eigenvalue weighted by Crippen LogP contribution is 2.32. The van der Waals surface area contributed by atoms with Crippen LogP contribution in [-0.4, -0.2) is 43.5 Å². The van der Waals surface area contributed by atoms with Crippen molar-refractivity contribution < 1.29 is 9.59 Å². The molecule has 0 spiro atoms. The van der Waals surface area contributed by atoms with Crippen molar-refractivity contribution in [2.45, 2.75) is 60.9 Å². The summed E-state index contributed by atoms with van der Waals surface area (Å²) in [7, 11) is 0. The van der Waals surface area contributed by atoms with Gasteiger partial charge in [-0.2, -0.15) is 0 Å². The second-order valence-corrected chi connectivity index (χ2v) is 12.4. The van der Waals surface area contributed by atoms with E-state index < -0.39 is 0 Å². The van der Waals surface area contributed by atoms with Gasteiger partial charge in [-0.25, -0.2) is 9.97 Å². The monoisotopic (exact) mass is 566 g/mol. The van der Waals surface area contributed by atoms with Crippen LogP contribution in [0.25, 0.3) is 10.2 Å². The van der Waals surface area contributed by atoms with Gasteiger partial charge in [0.25, 0.3) is 0 Å². The lowest BCUT2D eigenvalue weighted by molar-refractivity contribution is -0.114. The number of amides is 2. The molecule has 0 unspecified atom stereocenters. The lowest BCUT2D eigenvalue weighted by atomic mass is 9.89. The van der Waals surface area contributed by atoms with Crippen LogP contribution in [0.1, 0.15) is 56.3 Å². The van der Waals surface area contributed by atoms with Crippen molar-refractivity contribution in [1.29, 1.82) is 0 Å². The van der Waals surface area contributed by atoms with Crippen LogP contribution >= 0.6 is 34.9 Å². The van der Waals surface area contributed by atoms with Crippen LogP contribution in [0.3, 0.4) is 0 Å². The summed E-state index contributed by atoms with van der Waals surface area (Å²) in [6.07, 6.45) is 7.05. The van der Waals surface area contributed by atoms with Crippen molar-refractivity contribution in [3.8, 4) is 0 Å². The second kappa shape index (κ2) is 12.8. The summed E-state index contributed by atoms with van der Waals surface area (Å²) in [5.74, 6) is 1.74. The number of carbonyl (C=O) groups is 2. The summed E-state index contributed by atoms with van der Waals surface area (Å²) >= 11 is 4.25. The zero-order chi connectivity index (χ0) is 26.3. The van der Waals surface area contributed by atoms with Gasteiger partial charge in [-0.15, -0.1) is 16.4 Å². The summed E-state index contributed by atoms with van der Waals surface area (Å²) in [6.45, 7) is 2.10. The lowest BCUT2D eigenvalue weighted by Gasteiger charge is -2.18. The molecule has 1 aliphatic carbocycles. The number of carbonyl (C=O) groups excluding carboxylic acids is 2. The van der Waals surface area contributed by atoms with Crippen LogP contribution in [0.15, 0.2) is 52.0 Å². The summed E-state index contributed by atoms with van der Waals surface area (Å²) in [6, 6.07) is 13.5. The molecular formula is C27H30N6O2S3. The maximum absolute atomic E-state index is 12.5. The lowest BCUT2D eigenvalue weighted by Crippen LogP contribution is -2.14. The largest absolute Gasteiger partial charge is 0.325 e. The number of fused-ring (bicyclic) bond motifs is 1. The number of thiazole rings is 1. The van der Waals surface area contributed by atoms with Gasteiger partial charge in [0, 0.05) is 17.3 Å². The summed E-state index contributed by atoms with van der Waals surface area (Å²) in [5.41, 5.74) is 3.59. The van der Waals surface area contributed by atoms with Gasteiger partial charge in [0.15, 0.2) is 4.34 Å². The minimum atomic E-state index is -0.110. The Hall–Kier alpha value is -2.89. The molecule has 1 aliphatic rings. The minimum Gasteiger partial charge on any atom is -0.325 e. The van der Waals surface area contributed by atoms with E-state index in [0.29, 0.717) is 11.1 Å². The van der Waals surface area contributed by atoms with E-state index in [1.165, 1.54) is 59.7 Å². The molecule has 8 nitrogen and oxygen atoms in total. The molecule has 0 radical (unpaired) electrons. The quantitative estimate of drug-likeness (QED) is 0.188. The minimum absolute atomic E-state index is 0.0683. The molecule has 0 atom stereocenters. The Kier molecular flexibility index (Phi) is 8.98. The number of rotatable bonds is 10. The maximum atomic E-state index is 12.5. The van der Waals surface area contributed by atoms with Gasteiger partial charge in [-0.1, -0.05) is 61.8 Å². The number of hydrogen-bond donors (Lipinski definition) is 3. The molecule has 1 saturated carbocycles. The summed E-state index contributed by atoms with van der Waals surface area (Å²) < 4.78 is 1.77. The number of aromatic nitrogens is 4. The van der Waals surface area contributed by atoms with E-state index in [1.54, 1.807) is 0 Å². The first-order valence-electron chi connectivity index (χ1n) is 12.8. The molecule has 3 N–H and O–H groups in total. The van der Waals surface area contributed by atoms with Gasteiger partial charge in [0.05, 0.1) is 21.7 Å². The molecule has 2 aromatic heterocycles. The van der Waals surface area contributed by atoms with E-state index in [2.05, 4.69) is 37.7 Å². The molecule has 2 amide bonds. The Morgan fingerprint density at radius 2 is 1.66 bits per heavy atom. The second-order valence-electron chi connectivity index (χ2n) is 9.22. The van der Waals surface area contributed by atoms with Crippen molar-refractivity contribution >= 4 is 68.3 Å². The highest BCUT2D eigenvalue weighted by Gasteiger charge is 2.19. The number of hydrogen-bond acceptors (Lipinski definition) is 8. The zero-order valence-electron chi connectivity index (χ0n) is 21.2. The van der Waals surface area contributed by atoms with Gasteiger partial charge in [0.1, 0.15) is 5.82 Å². The molecule has 2 heterocycles. The first-order valence-corrected chi connectivity index (χ1v) is 15.6. The van der Waals surface area contributed by atoms with Crippen LogP contribution in [0, 0.1) is 0 Å². The molecule has 2 aromatic carbocycles. The van der Waals surface area contributed by atoms with Crippen molar-refractivity contribution in [1.82, 2.24) is 20.2 Å². The number of aromatic amines is 1. The highest BCUT2D eigenvalue weighted by atomic mass is 32.2. The van der Waals surface area contributed by atoms with E-state index in [0.717, 1.165) is 51.0 Å². The van der Waals surface area contributed by atoms with Crippen LogP contribution in [0.2, 0.25) is 0 Å². The average molecular weight is 567 g/mol. The van der Waals surface area contributed by atoms with Crippen molar-refractivity contribution in [2.24, 2.45) is 0 Å². The average Bonchev–Trinajstić information content (AvgIpc) is 3.58. The maximum Gasteiger partial charge on any atom is 0.234 e. The number of thioether (sulfide) groups is 2.